The molecule has 1 aromatic carbocycles. The Morgan fingerprint density at radius 1 is 1.24 bits per heavy atom. The van der Waals surface area contributed by atoms with Crippen molar-refractivity contribution in [2.75, 3.05) is 0 Å². The number of nitrogens with one attached hydrogen (secondary N) is 1. The van der Waals surface area contributed by atoms with E-state index in [1.165, 1.54) is 0 Å². The summed E-state index contributed by atoms with van der Waals surface area (Å²) in [5.74, 6) is 1.49. The molecule has 3 rings (SSSR count). The first-order valence-electron chi connectivity index (χ1n) is 5.40. The molecule has 82 valence electrons. The number of fused-ring (bicyclic) bond motifs is 1. The maximum absolute atomic E-state index is 9.00. The molecule has 1 aliphatic rings. The van der Waals surface area contributed by atoms with Gasteiger partial charge in [-0.05, 0) is 6.07 Å². The second-order valence-electron chi connectivity index (χ2n) is 3.88. The third-order valence-electron chi connectivity index (χ3n) is 2.77. The van der Waals surface area contributed by atoms with E-state index in [0.29, 0.717) is 17.9 Å². The van der Waals surface area contributed by atoms with Crippen LogP contribution in [0.4, 0.5) is 0 Å². The van der Waals surface area contributed by atoms with Crippen LogP contribution in [0.5, 0.6) is 0 Å². The minimum absolute atomic E-state index is 0.549. The van der Waals surface area contributed by atoms with E-state index >= 15 is 0 Å². The van der Waals surface area contributed by atoms with Gasteiger partial charge in [-0.2, -0.15) is 5.26 Å². The second-order valence-corrected chi connectivity index (χ2v) is 3.88. The Bertz CT molecular complexity index is 617. The predicted molar refractivity (Wildman–Crippen MR) is 64.6 cm³/mol. The summed E-state index contributed by atoms with van der Waals surface area (Å²) < 4.78 is 5.76. The van der Waals surface area contributed by atoms with E-state index in [2.05, 4.69) is 11.4 Å². The Labute approximate surface area is 99.0 Å². The van der Waals surface area contributed by atoms with Gasteiger partial charge in [0.05, 0.1) is 0 Å². The minimum atomic E-state index is 0.549. The first-order chi connectivity index (χ1) is 8.38. The Hall–Kier alpha value is -2.47. The van der Waals surface area contributed by atoms with Crippen LogP contribution in [0, 0.1) is 11.3 Å². The van der Waals surface area contributed by atoms with E-state index < -0.39 is 0 Å². The molecule has 17 heavy (non-hydrogen) atoms. The summed E-state index contributed by atoms with van der Waals surface area (Å²) in [5, 5.41) is 12.1. The van der Waals surface area contributed by atoms with Gasteiger partial charge in [0.15, 0.2) is 5.76 Å². The summed E-state index contributed by atoms with van der Waals surface area (Å²) in [5.41, 5.74) is 2.61. The van der Waals surface area contributed by atoms with E-state index in [1.54, 1.807) is 6.20 Å². The maximum atomic E-state index is 9.00. The fourth-order valence-electron chi connectivity index (χ4n) is 1.94. The van der Waals surface area contributed by atoms with Gasteiger partial charge in [-0.1, -0.05) is 30.3 Å². The molecule has 0 unspecified atom stereocenters. The van der Waals surface area contributed by atoms with E-state index in [4.69, 9.17) is 9.68 Å². The van der Waals surface area contributed by atoms with Gasteiger partial charge in [-0.3, -0.25) is 0 Å². The molecular weight excluding hydrogens is 212 g/mol. The molecule has 0 atom stereocenters. The van der Waals surface area contributed by atoms with Crippen LogP contribution in [0.3, 0.4) is 0 Å². The fourth-order valence-corrected chi connectivity index (χ4v) is 1.94. The molecule has 3 nitrogen and oxygen atoms in total. The van der Waals surface area contributed by atoms with Gasteiger partial charge in [0.2, 0.25) is 0 Å². The quantitative estimate of drug-likeness (QED) is 0.807. The van der Waals surface area contributed by atoms with Crippen molar-refractivity contribution in [3.8, 4) is 17.4 Å². The first-order valence-corrected chi connectivity index (χ1v) is 5.40. The third kappa shape index (κ3) is 1.60. The number of furan rings is 1. The molecule has 1 aromatic heterocycles. The summed E-state index contributed by atoms with van der Waals surface area (Å²) in [6.07, 6.45) is 1.70. The molecule has 1 aliphatic heterocycles. The van der Waals surface area contributed by atoms with E-state index in [0.717, 1.165) is 16.9 Å². The summed E-state index contributed by atoms with van der Waals surface area (Å²) in [4.78, 5) is 0. The van der Waals surface area contributed by atoms with Crippen molar-refractivity contribution in [2.24, 2.45) is 0 Å². The van der Waals surface area contributed by atoms with E-state index in [-0.39, 0.29) is 0 Å². The van der Waals surface area contributed by atoms with Gasteiger partial charge < -0.3 is 9.73 Å². The zero-order valence-corrected chi connectivity index (χ0v) is 9.10. The largest absolute Gasteiger partial charge is 0.455 e. The predicted octanol–water partition coefficient (Wildman–Crippen LogP) is 2.91. The highest BCUT2D eigenvalue weighted by Crippen LogP contribution is 2.31. The molecule has 0 saturated carbocycles. The highest BCUT2D eigenvalue weighted by molar-refractivity contribution is 5.78. The molecular formula is C14H10N2O. The van der Waals surface area contributed by atoms with Gasteiger partial charge in [-0.25, -0.2) is 0 Å². The summed E-state index contributed by atoms with van der Waals surface area (Å²) >= 11 is 0. The molecule has 3 heteroatoms. The lowest BCUT2D eigenvalue weighted by molar-refractivity contribution is 0.559. The second kappa shape index (κ2) is 3.84. The smallest absolute Gasteiger partial charge is 0.151 e. The first kappa shape index (κ1) is 9.73. The average Bonchev–Trinajstić information content (AvgIpc) is 2.83. The van der Waals surface area contributed by atoms with Gasteiger partial charge in [0.25, 0.3) is 0 Å². The molecule has 1 N–H and O–H groups in total. The molecule has 0 saturated heterocycles. The topological polar surface area (TPSA) is 49.0 Å². The summed E-state index contributed by atoms with van der Waals surface area (Å²) in [6.45, 7) is 0.705. The minimum Gasteiger partial charge on any atom is -0.455 e. The SMILES string of the molecule is N#CC1=CNCc2cc(-c3ccccc3)oc21. The molecule has 0 amide bonds. The van der Waals surface area contributed by atoms with Crippen LogP contribution < -0.4 is 5.32 Å². The number of hydrogen-bond donors (Lipinski definition) is 1. The Kier molecular flexibility index (Phi) is 2.20. The van der Waals surface area contributed by atoms with Crippen LogP contribution >= 0.6 is 0 Å². The van der Waals surface area contributed by atoms with Crippen LogP contribution in [0.25, 0.3) is 16.9 Å². The number of allylic oxidation sites excluding steroid dienone is 1. The molecule has 0 spiro atoms. The lowest BCUT2D eigenvalue weighted by Crippen LogP contribution is -2.10. The maximum Gasteiger partial charge on any atom is 0.151 e. The lowest BCUT2D eigenvalue weighted by Gasteiger charge is -2.07. The Morgan fingerprint density at radius 2 is 2.06 bits per heavy atom. The molecule has 2 aromatic rings. The normalized spacial score (nSPS) is 13.2. The summed E-state index contributed by atoms with van der Waals surface area (Å²) in [6, 6.07) is 14.0. The number of nitriles is 1. The van der Waals surface area contributed by atoms with E-state index in [9.17, 15) is 0 Å². The number of rotatable bonds is 1. The van der Waals surface area contributed by atoms with Crippen LogP contribution in [-0.4, -0.2) is 0 Å². The molecule has 0 bridgehead atoms. The van der Waals surface area contributed by atoms with Crippen LogP contribution in [0.15, 0.2) is 47.0 Å². The summed E-state index contributed by atoms with van der Waals surface area (Å²) in [7, 11) is 0. The lowest BCUT2D eigenvalue weighted by atomic mass is 10.1. The van der Waals surface area contributed by atoms with Gasteiger partial charge in [0, 0.05) is 23.9 Å². The molecule has 0 aliphatic carbocycles. The number of hydrogen-bond acceptors (Lipinski definition) is 3. The van der Waals surface area contributed by atoms with Crippen LogP contribution in [0.1, 0.15) is 11.3 Å². The van der Waals surface area contributed by atoms with Crippen molar-refractivity contribution in [1.29, 1.82) is 5.26 Å². The monoisotopic (exact) mass is 222 g/mol. The van der Waals surface area contributed by atoms with Crippen molar-refractivity contribution in [3.05, 3.63) is 53.9 Å². The van der Waals surface area contributed by atoms with Gasteiger partial charge in [-0.15, -0.1) is 0 Å². The standard InChI is InChI=1S/C14H10N2O/c15-7-12-9-16-8-11-6-13(17-14(11)12)10-4-2-1-3-5-10/h1-6,9,16H,8H2. The van der Waals surface area contributed by atoms with Gasteiger partial charge in [0.1, 0.15) is 17.4 Å². The van der Waals surface area contributed by atoms with E-state index in [1.807, 2.05) is 36.4 Å². The molecule has 0 fully saturated rings. The molecule has 0 radical (unpaired) electrons. The molecule has 2 heterocycles. The van der Waals surface area contributed by atoms with Crippen molar-refractivity contribution in [3.63, 3.8) is 0 Å². The number of benzene rings is 1. The van der Waals surface area contributed by atoms with Gasteiger partial charge >= 0.3 is 0 Å². The Balaban J connectivity index is 2.10. The van der Waals surface area contributed by atoms with Crippen molar-refractivity contribution < 1.29 is 4.42 Å². The zero-order chi connectivity index (χ0) is 11.7. The fraction of sp³-hybridized carbons (Fsp3) is 0.0714. The van der Waals surface area contributed by atoms with Crippen LogP contribution in [-0.2, 0) is 6.54 Å². The average molecular weight is 222 g/mol. The van der Waals surface area contributed by atoms with Crippen LogP contribution in [0.2, 0.25) is 0 Å². The van der Waals surface area contributed by atoms with Crippen molar-refractivity contribution in [1.82, 2.24) is 5.32 Å². The van der Waals surface area contributed by atoms with Crippen molar-refractivity contribution >= 4 is 5.57 Å². The highest BCUT2D eigenvalue weighted by atomic mass is 16.3. The highest BCUT2D eigenvalue weighted by Gasteiger charge is 2.18. The van der Waals surface area contributed by atoms with Crippen molar-refractivity contribution in [2.45, 2.75) is 6.54 Å². The Morgan fingerprint density at radius 3 is 2.82 bits per heavy atom. The third-order valence-corrected chi connectivity index (χ3v) is 2.77. The number of nitrogens with zero attached hydrogens (tertiary/aromatic N) is 1. The zero-order valence-electron chi connectivity index (χ0n) is 9.10.